The monoisotopic (exact) mass is 289 g/mol. The summed E-state index contributed by atoms with van der Waals surface area (Å²) in [5.41, 5.74) is 1.87. The standard InChI is InChI=1S/C16H23N3O2/c1-12-3-2-4-15(16(12)19(20)21)18(14-5-6-14)11-13-7-9-17-10-8-13/h2-4,13-14,17H,5-11H2,1H3. The minimum absolute atomic E-state index is 0.220. The van der Waals surface area contributed by atoms with Gasteiger partial charge in [0, 0.05) is 18.2 Å². The van der Waals surface area contributed by atoms with Gasteiger partial charge in [-0.05, 0) is 57.7 Å². The van der Waals surface area contributed by atoms with Crippen molar-refractivity contribution in [3.63, 3.8) is 0 Å². The van der Waals surface area contributed by atoms with Crippen LogP contribution >= 0.6 is 0 Å². The topological polar surface area (TPSA) is 58.4 Å². The summed E-state index contributed by atoms with van der Waals surface area (Å²) < 4.78 is 0. The molecule has 1 aromatic rings. The molecule has 2 aliphatic rings. The molecule has 0 atom stereocenters. The first-order valence-electron chi connectivity index (χ1n) is 7.88. The van der Waals surface area contributed by atoms with Gasteiger partial charge in [-0.1, -0.05) is 12.1 Å². The maximum absolute atomic E-state index is 11.5. The third-order valence-corrected chi connectivity index (χ3v) is 4.61. The molecule has 5 heteroatoms. The highest BCUT2D eigenvalue weighted by Gasteiger charge is 2.35. The Labute approximate surface area is 125 Å². The fourth-order valence-corrected chi connectivity index (χ4v) is 3.29. The smallest absolute Gasteiger partial charge is 0.295 e. The molecule has 5 nitrogen and oxygen atoms in total. The maximum atomic E-state index is 11.5. The van der Waals surface area contributed by atoms with E-state index in [4.69, 9.17) is 0 Å². The molecule has 0 aromatic heterocycles. The number of nitrogens with one attached hydrogen (secondary N) is 1. The average Bonchev–Trinajstić information content (AvgIpc) is 3.30. The van der Waals surface area contributed by atoms with E-state index in [-0.39, 0.29) is 4.92 Å². The molecule has 1 saturated heterocycles. The molecule has 1 aliphatic carbocycles. The molecular formula is C16H23N3O2. The van der Waals surface area contributed by atoms with E-state index in [2.05, 4.69) is 10.2 Å². The molecule has 0 unspecified atom stereocenters. The number of benzene rings is 1. The Balaban J connectivity index is 1.87. The van der Waals surface area contributed by atoms with Crippen molar-refractivity contribution in [3.8, 4) is 0 Å². The van der Waals surface area contributed by atoms with Gasteiger partial charge in [-0.25, -0.2) is 0 Å². The van der Waals surface area contributed by atoms with E-state index in [0.29, 0.717) is 17.6 Å². The van der Waals surface area contributed by atoms with Crippen molar-refractivity contribution in [2.24, 2.45) is 5.92 Å². The highest BCUT2D eigenvalue weighted by Crippen LogP contribution is 2.39. The molecule has 0 bridgehead atoms. The molecule has 0 spiro atoms. The number of piperidine rings is 1. The number of rotatable bonds is 5. The van der Waals surface area contributed by atoms with Gasteiger partial charge in [0.05, 0.1) is 4.92 Å². The molecule has 1 N–H and O–H groups in total. The summed E-state index contributed by atoms with van der Waals surface area (Å²) in [7, 11) is 0. The van der Waals surface area contributed by atoms with E-state index in [1.54, 1.807) is 0 Å². The van der Waals surface area contributed by atoms with Crippen molar-refractivity contribution in [2.45, 2.75) is 38.6 Å². The Morgan fingerprint density at radius 2 is 2.00 bits per heavy atom. The van der Waals surface area contributed by atoms with E-state index in [1.807, 2.05) is 25.1 Å². The number of nitro groups is 1. The van der Waals surface area contributed by atoms with E-state index < -0.39 is 0 Å². The Kier molecular flexibility index (Phi) is 4.10. The molecule has 2 fully saturated rings. The van der Waals surface area contributed by atoms with Crippen LogP contribution < -0.4 is 10.2 Å². The predicted octanol–water partition coefficient (Wildman–Crippen LogP) is 2.87. The van der Waals surface area contributed by atoms with Gasteiger partial charge in [0.1, 0.15) is 5.69 Å². The Morgan fingerprint density at radius 1 is 1.29 bits per heavy atom. The second kappa shape index (κ2) is 6.02. The summed E-state index contributed by atoms with van der Waals surface area (Å²) in [6.07, 6.45) is 4.66. The molecule has 0 amide bonds. The lowest BCUT2D eigenvalue weighted by Crippen LogP contribution is -2.37. The van der Waals surface area contributed by atoms with Crippen LogP contribution in [0.1, 0.15) is 31.2 Å². The van der Waals surface area contributed by atoms with Crippen LogP contribution in [0.3, 0.4) is 0 Å². The molecule has 21 heavy (non-hydrogen) atoms. The maximum Gasteiger partial charge on any atom is 0.295 e. The van der Waals surface area contributed by atoms with E-state index in [1.165, 1.54) is 12.8 Å². The van der Waals surface area contributed by atoms with Crippen molar-refractivity contribution in [2.75, 3.05) is 24.5 Å². The zero-order chi connectivity index (χ0) is 14.8. The summed E-state index contributed by atoms with van der Waals surface area (Å²) in [5.74, 6) is 0.645. The number of aryl methyl sites for hydroxylation is 1. The minimum atomic E-state index is -0.220. The van der Waals surface area contributed by atoms with Crippen molar-refractivity contribution < 1.29 is 4.92 Å². The molecule has 3 rings (SSSR count). The van der Waals surface area contributed by atoms with Crippen molar-refractivity contribution in [3.05, 3.63) is 33.9 Å². The molecule has 0 radical (unpaired) electrons. The van der Waals surface area contributed by atoms with E-state index in [0.717, 1.165) is 43.7 Å². The van der Waals surface area contributed by atoms with Gasteiger partial charge in [-0.2, -0.15) is 0 Å². The second-order valence-corrected chi connectivity index (χ2v) is 6.28. The fourth-order valence-electron chi connectivity index (χ4n) is 3.29. The first-order chi connectivity index (χ1) is 10.2. The van der Waals surface area contributed by atoms with Crippen LogP contribution in [0.5, 0.6) is 0 Å². The lowest BCUT2D eigenvalue weighted by molar-refractivity contribution is -0.384. The van der Waals surface area contributed by atoms with Gasteiger partial charge in [0.15, 0.2) is 0 Å². The van der Waals surface area contributed by atoms with Crippen LogP contribution in [0.25, 0.3) is 0 Å². The normalized spacial score (nSPS) is 19.5. The number of anilines is 1. The Hall–Kier alpha value is -1.62. The molecule has 1 saturated carbocycles. The summed E-state index contributed by atoms with van der Waals surface area (Å²) in [5, 5.41) is 14.8. The van der Waals surface area contributed by atoms with E-state index >= 15 is 0 Å². The molecule has 114 valence electrons. The molecular weight excluding hydrogens is 266 g/mol. The van der Waals surface area contributed by atoms with Crippen LogP contribution in [0, 0.1) is 23.0 Å². The van der Waals surface area contributed by atoms with Crippen molar-refractivity contribution in [1.29, 1.82) is 0 Å². The fraction of sp³-hybridized carbons (Fsp3) is 0.625. The van der Waals surface area contributed by atoms with Crippen molar-refractivity contribution >= 4 is 11.4 Å². The lowest BCUT2D eigenvalue weighted by Gasteiger charge is -2.31. The number of nitro benzene ring substituents is 1. The Bertz CT molecular complexity index is 522. The van der Waals surface area contributed by atoms with Gasteiger partial charge in [0.2, 0.25) is 0 Å². The zero-order valence-electron chi connectivity index (χ0n) is 12.5. The van der Waals surface area contributed by atoms with Crippen LogP contribution in [0.2, 0.25) is 0 Å². The van der Waals surface area contributed by atoms with Gasteiger partial charge < -0.3 is 10.2 Å². The predicted molar refractivity (Wildman–Crippen MR) is 83.8 cm³/mol. The number of hydrogen-bond acceptors (Lipinski definition) is 4. The summed E-state index contributed by atoms with van der Waals surface area (Å²) in [6, 6.07) is 6.19. The van der Waals surface area contributed by atoms with Crippen LogP contribution in [-0.4, -0.2) is 30.6 Å². The van der Waals surface area contributed by atoms with Gasteiger partial charge in [0.25, 0.3) is 5.69 Å². The quantitative estimate of drug-likeness (QED) is 0.669. The van der Waals surface area contributed by atoms with Crippen LogP contribution in [-0.2, 0) is 0 Å². The highest BCUT2D eigenvalue weighted by atomic mass is 16.6. The zero-order valence-corrected chi connectivity index (χ0v) is 12.5. The first kappa shape index (κ1) is 14.3. The summed E-state index contributed by atoms with van der Waals surface area (Å²) in [6.45, 7) is 4.92. The lowest BCUT2D eigenvalue weighted by atomic mass is 9.97. The molecule has 1 aromatic carbocycles. The SMILES string of the molecule is Cc1cccc(N(CC2CCNCC2)C2CC2)c1[N+](=O)[O-]. The molecule has 1 aliphatic heterocycles. The Morgan fingerprint density at radius 3 is 2.62 bits per heavy atom. The molecule has 1 heterocycles. The largest absolute Gasteiger partial charge is 0.363 e. The number of hydrogen-bond donors (Lipinski definition) is 1. The third kappa shape index (κ3) is 3.18. The summed E-state index contributed by atoms with van der Waals surface area (Å²) in [4.78, 5) is 13.5. The third-order valence-electron chi connectivity index (χ3n) is 4.61. The number of para-hydroxylation sites is 1. The van der Waals surface area contributed by atoms with Crippen molar-refractivity contribution in [1.82, 2.24) is 5.32 Å². The van der Waals surface area contributed by atoms with Crippen LogP contribution in [0.15, 0.2) is 18.2 Å². The summed E-state index contributed by atoms with van der Waals surface area (Å²) >= 11 is 0. The first-order valence-corrected chi connectivity index (χ1v) is 7.88. The van der Waals surface area contributed by atoms with Gasteiger partial charge in [-0.15, -0.1) is 0 Å². The van der Waals surface area contributed by atoms with Crippen LogP contribution in [0.4, 0.5) is 11.4 Å². The second-order valence-electron chi connectivity index (χ2n) is 6.28. The minimum Gasteiger partial charge on any atom is -0.363 e. The van der Waals surface area contributed by atoms with Gasteiger partial charge in [-0.3, -0.25) is 10.1 Å². The van der Waals surface area contributed by atoms with E-state index in [9.17, 15) is 10.1 Å². The highest BCUT2D eigenvalue weighted by molar-refractivity contribution is 5.67. The average molecular weight is 289 g/mol. The number of nitrogens with zero attached hydrogens (tertiary/aromatic N) is 2. The van der Waals surface area contributed by atoms with Gasteiger partial charge >= 0.3 is 0 Å².